The number of nitrogens with one attached hydrogen (secondary N) is 3. The van der Waals surface area contributed by atoms with Gasteiger partial charge in [-0.15, -0.1) is 9.78 Å². The first kappa shape index (κ1) is 28.4. The van der Waals surface area contributed by atoms with Crippen LogP contribution in [0.1, 0.15) is 49.5 Å². The highest BCUT2D eigenvalue weighted by Gasteiger charge is 2.38. The summed E-state index contributed by atoms with van der Waals surface area (Å²) in [6.07, 6.45) is 0.640. The fourth-order valence-corrected chi connectivity index (χ4v) is 4.30. The fraction of sp³-hybridized carbons (Fsp3) is 0.370. The zero-order valence-electron chi connectivity index (χ0n) is 22.9. The molecule has 1 atom stereocenters. The first-order chi connectivity index (χ1) is 18.9. The Morgan fingerprint density at radius 2 is 1.70 bits per heavy atom. The number of hydrogen-bond acceptors (Lipinski definition) is 9. The molecule has 1 aliphatic heterocycles. The van der Waals surface area contributed by atoms with E-state index in [1.807, 2.05) is 0 Å². The second kappa shape index (κ2) is 11.2. The second-order valence-electron chi connectivity index (χ2n) is 10.5. The summed E-state index contributed by atoms with van der Waals surface area (Å²) in [7, 11) is 1.55. The Hall–Kier alpha value is -4.65. The van der Waals surface area contributed by atoms with E-state index in [1.165, 1.54) is 4.90 Å². The molecule has 0 spiro atoms. The SMILES string of the molecule is CNC(=O)c1ccc(Nc2nc(N)n(C(=O)Nc3ccc(C4(O)CCCN(C(=O)OC(C)(C)C)C4)cc3)n2)cc1. The molecule has 2 aromatic carbocycles. The van der Waals surface area contributed by atoms with E-state index < -0.39 is 23.3 Å². The minimum atomic E-state index is -1.24. The Balaban J connectivity index is 1.39. The number of nitrogens with two attached hydrogens (primary N) is 1. The van der Waals surface area contributed by atoms with Crippen molar-refractivity contribution in [2.45, 2.75) is 44.8 Å². The monoisotopic (exact) mass is 550 g/mol. The van der Waals surface area contributed by atoms with Crippen molar-refractivity contribution in [3.63, 3.8) is 0 Å². The number of anilines is 4. The van der Waals surface area contributed by atoms with Gasteiger partial charge in [0, 0.05) is 30.5 Å². The molecule has 40 heavy (non-hydrogen) atoms. The number of β-amino-alcohol motifs (C(OH)–C–C–N with tert-alkyl or cyclic N) is 1. The summed E-state index contributed by atoms with van der Waals surface area (Å²) in [6.45, 7) is 6.00. The van der Waals surface area contributed by atoms with Gasteiger partial charge in [-0.3, -0.25) is 4.79 Å². The Morgan fingerprint density at radius 1 is 1.05 bits per heavy atom. The lowest BCUT2D eigenvalue weighted by atomic mass is 9.86. The Labute approximate surface area is 231 Å². The smallest absolute Gasteiger partial charge is 0.410 e. The summed E-state index contributed by atoms with van der Waals surface area (Å²) < 4.78 is 6.38. The molecule has 6 N–H and O–H groups in total. The van der Waals surface area contributed by atoms with Crippen LogP contribution in [0.4, 0.5) is 32.9 Å². The van der Waals surface area contributed by atoms with Gasteiger partial charge in [0.1, 0.15) is 11.2 Å². The zero-order chi connectivity index (χ0) is 29.1. The van der Waals surface area contributed by atoms with Crippen LogP contribution in [0.5, 0.6) is 0 Å². The number of hydrogen-bond donors (Lipinski definition) is 5. The van der Waals surface area contributed by atoms with Crippen molar-refractivity contribution in [2.75, 3.05) is 36.5 Å². The predicted molar refractivity (Wildman–Crippen MR) is 149 cm³/mol. The predicted octanol–water partition coefficient (Wildman–Crippen LogP) is 3.26. The molecule has 3 aromatic rings. The van der Waals surface area contributed by atoms with Crippen LogP contribution in [0.25, 0.3) is 0 Å². The van der Waals surface area contributed by atoms with Gasteiger partial charge in [-0.25, -0.2) is 9.59 Å². The summed E-state index contributed by atoms with van der Waals surface area (Å²) >= 11 is 0. The summed E-state index contributed by atoms with van der Waals surface area (Å²) in [5, 5.41) is 23.6. The molecule has 1 fully saturated rings. The average Bonchev–Trinajstić information content (AvgIpc) is 3.28. The number of ether oxygens (including phenoxy) is 1. The first-order valence-corrected chi connectivity index (χ1v) is 12.8. The molecule has 212 valence electrons. The Morgan fingerprint density at radius 3 is 2.33 bits per heavy atom. The lowest BCUT2D eigenvalue weighted by molar-refractivity contribution is -0.0465. The third kappa shape index (κ3) is 6.67. The number of rotatable bonds is 5. The van der Waals surface area contributed by atoms with Crippen molar-refractivity contribution in [3.8, 4) is 0 Å². The van der Waals surface area contributed by atoms with E-state index in [1.54, 1.807) is 76.3 Å². The maximum absolute atomic E-state index is 12.8. The number of nitrogen functional groups attached to an aromatic ring is 1. The van der Waals surface area contributed by atoms with Gasteiger partial charge < -0.3 is 36.4 Å². The molecule has 0 saturated carbocycles. The van der Waals surface area contributed by atoms with Crippen LogP contribution >= 0.6 is 0 Å². The number of aliphatic hydroxyl groups is 1. The van der Waals surface area contributed by atoms with Gasteiger partial charge in [-0.1, -0.05) is 12.1 Å². The highest BCUT2D eigenvalue weighted by Crippen LogP contribution is 2.33. The van der Waals surface area contributed by atoms with Crippen LogP contribution < -0.4 is 21.7 Å². The molecular formula is C27H34N8O5. The van der Waals surface area contributed by atoms with E-state index in [9.17, 15) is 19.5 Å². The number of benzene rings is 2. The van der Waals surface area contributed by atoms with E-state index >= 15 is 0 Å². The highest BCUT2D eigenvalue weighted by molar-refractivity contribution is 5.94. The molecule has 3 amide bonds. The molecule has 13 nitrogen and oxygen atoms in total. The summed E-state index contributed by atoms with van der Waals surface area (Å²) in [5.41, 5.74) is 6.20. The molecule has 0 radical (unpaired) electrons. The Kier molecular flexibility index (Phi) is 7.96. The van der Waals surface area contributed by atoms with Crippen molar-refractivity contribution in [1.29, 1.82) is 0 Å². The number of likely N-dealkylation sites (tertiary alicyclic amines) is 1. The third-order valence-electron chi connectivity index (χ3n) is 6.25. The number of carbonyl (C=O) groups is 3. The molecule has 1 aliphatic rings. The normalized spacial score (nSPS) is 17.2. The summed E-state index contributed by atoms with van der Waals surface area (Å²) in [6, 6.07) is 12.7. The number of aromatic nitrogens is 3. The standard InChI is InChI=1S/C27H34N8O5/c1-26(2,3)40-25(38)34-15-5-14-27(39,16-34)18-8-12-20(13-9-18)31-24(37)35-22(28)32-23(33-35)30-19-10-6-17(7-11-19)21(36)29-4/h6-13,39H,5,14-16H2,1-4H3,(H,29,36)(H,31,37)(H3,28,30,32,33). The van der Waals surface area contributed by atoms with E-state index in [2.05, 4.69) is 26.0 Å². The molecule has 2 heterocycles. The van der Waals surface area contributed by atoms with Crippen LogP contribution in [0.15, 0.2) is 48.5 Å². The number of piperidine rings is 1. The van der Waals surface area contributed by atoms with E-state index in [0.29, 0.717) is 41.9 Å². The molecule has 0 bridgehead atoms. The van der Waals surface area contributed by atoms with Gasteiger partial charge in [0.2, 0.25) is 11.9 Å². The van der Waals surface area contributed by atoms with Gasteiger partial charge >= 0.3 is 12.1 Å². The molecular weight excluding hydrogens is 516 g/mol. The van der Waals surface area contributed by atoms with E-state index in [4.69, 9.17) is 10.5 Å². The largest absolute Gasteiger partial charge is 0.444 e. The van der Waals surface area contributed by atoms with Crippen molar-refractivity contribution >= 4 is 41.3 Å². The number of nitrogens with zero attached hydrogens (tertiary/aromatic N) is 4. The molecule has 1 aromatic heterocycles. The van der Waals surface area contributed by atoms with Crippen LogP contribution in [0, 0.1) is 0 Å². The molecule has 1 saturated heterocycles. The van der Waals surface area contributed by atoms with Crippen molar-refractivity contribution < 1.29 is 24.2 Å². The van der Waals surface area contributed by atoms with Gasteiger partial charge in [0.05, 0.1) is 6.54 Å². The second-order valence-corrected chi connectivity index (χ2v) is 10.5. The number of carbonyl (C=O) groups excluding carboxylic acids is 3. The molecule has 0 aliphatic carbocycles. The molecule has 13 heteroatoms. The van der Waals surface area contributed by atoms with Gasteiger partial charge in [0.15, 0.2) is 0 Å². The van der Waals surface area contributed by atoms with E-state index in [-0.39, 0.29) is 24.3 Å². The Bertz CT molecular complexity index is 1380. The number of amides is 3. The average molecular weight is 551 g/mol. The van der Waals surface area contributed by atoms with Crippen LogP contribution in [0.3, 0.4) is 0 Å². The van der Waals surface area contributed by atoms with Gasteiger partial charge in [0.25, 0.3) is 5.91 Å². The summed E-state index contributed by atoms with van der Waals surface area (Å²) in [4.78, 5) is 42.6. The lowest BCUT2D eigenvalue weighted by Crippen LogP contribution is -2.49. The van der Waals surface area contributed by atoms with Crippen LogP contribution in [0.2, 0.25) is 0 Å². The first-order valence-electron chi connectivity index (χ1n) is 12.8. The lowest BCUT2D eigenvalue weighted by Gasteiger charge is -2.40. The quantitative estimate of drug-likeness (QED) is 0.319. The maximum Gasteiger partial charge on any atom is 0.410 e. The van der Waals surface area contributed by atoms with Crippen LogP contribution in [-0.2, 0) is 10.3 Å². The fourth-order valence-electron chi connectivity index (χ4n) is 4.30. The van der Waals surface area contributed by atoms with Crippen LogP contribution in [-0.4, -0.2) is 68.5 Å². The maximum atomic E-state index is 12.8. The molecule has 4 rings (SSSR count). The van der Waals surface area contributed by atoms with Gasteiger partial charge in [-0.05, 0) is 75.6 Å². The molecule has 1 unspecified atom stereocenters. The third-order valence-corrected chi connectivity index (χ3v) is 6.25. The van der Waals surface area contributed by atoms with Crippen molar-refractivity contribution in [2.24, 2.45) is 0 Å². The minimum absolute atomic E-state index is 0.102. The summed E-state index contributed by atoms with van der Waals surface area (Å²) in [5.74, 6) is -0.235. The van der Waals surface area contributed by atoms with Gasteiger partial charge in [-0.2, -0.15) is 4.98 Å². The zero-order valence-corrected chi connectivity index (χ0v) is 22.9. The van der Waals surface area contributed by atoms with Crippen molar-refractivity contribution in [1.82, 2.24) is 25.0 Å². The minimum Gasteiger partial charge on any atom is -0.444 e. The highest BCUT2D eigenvalue weighted by atomic mass is 16.6. The topological polar surface area (TPSA) is 177 Å². The van der Waals surface area contributed by atoms with E-state index in [0.717, 1.165) is 4.68 Å². The van der Waals surface area contributed by atoms with Crippen molar-refractivity contribution in [3.05, 3.63) is 59.7 Å².